The summed E-state index contributed by atoms with van der Waals surface area (Å²) in [5.41, 5.74) is 2.51. The smallest absolute Gasteiger partial charge is 0.0671 e. The van der Waals surface area contributed by atoms with Gasteiger partial charge in [0.05, 0.1) is 12.0 Å². The SMILES string of the molecule is CCN(CC(C)C#N)c1ccccc1C. The standard InChI is InChI=1S/C13H18N2/c1-4-15(10-11(2)9-14)13-8-6-5-7-12(13)3/h5-8,11H,4,10H2,1-3H3. The third kappa shape index (κ3) is 2.99. The molecule has 0 fully saturated rings. The fraction of sp³-hybridized carbons (Fsp3) is 0.462. The number of nitrogens with zero attached hydrogens (tertiary/aromatic N) is 2. The molecular weight excluding hydrogens is 184 g/mol. The van der Waals surface area contributed by atoms with Gasteiger partial charge in [0.2, 0.25) is 0 Å². The molecule has 0 saturated carbocycles. The van der Waals surface area contributed by atoms with E-state index in [0.717, 1.165) is 13.1 Å². The summed E-state index contributed by atoms with van der Waals surface area (Å²) in [5, 5.41) is 8.82. The van der Waals surface area contributed by atoms with Crippen LogP contribution in [0.5, 0.6) is 0 Å². The van der Waals surface area contributed by atoms with E-state index in [9.17, 15) is 0 Å². The second-order valence-electron chi connectivity index (χ2n) is 3.86. The predicted molar refractivity (Wildman–Crippen MR) is 63.8 cm³/mol. The minimum absolute atomic E-state index is 0.0737. The van der Waals surface area contributed by atoms with Crippen LogP contribution < -0.4 is 4.90 Å². The zero-order chi connectivity index (χ0) is 11.3. The van der Waals surface area contributed by atoms with Gasteiger partial charge >= 0.3 is 0 Å². The second kappa shape index (κ2) is 5.41. The van der Waals surface area contributed by atoms with Gasteiger partial charge in [0.15, 0.2) is 0 Å². The van der Waals surface area contributed by atoms with Gasteiger partial charge in [0, 0.05) is 18.8 Å². The predicted octanol–water partition coefficient (Wildman–Crippen LogP) is 2.98. The van der Waals surface area contributed by atoms with Gasteiger partial charge in [0.25, 0.3) is 0 Å². The van der Waals surface area contributed by atoms with Crippen molar-refractivity contribution in [2.24, 2.45) is 5.92 Å². The maximum atomic E-state index is 8.82. The van der Waals surface area contributed by atoms with E-state index in [0.29, 0.717) is 0 Å². The van der Waals surface area contributed by atoms with E-state index < -0.39 is 0 Å². The molecule has 0 saturated heterocycles. The number of nitriles is 1. The molecule has 0 N–H and O–H groups in total. The number of para-hydroxylation sites is 1. The summed E-state index contributed by atoms with van der Waals surface area (Å²) in [6.45, 7) is 7.93. The van der Waals surface area contributed by atoms with Crippen LogP contribution in [0.2, 0.25) is 0 Å². The Balaban J connectivity index is 2.84. The summed E-state index contributed by atoms with van der Waals surface area (Å²) in [7, 11) is 0. The van der Waals surface area contributed by atoms with Crippen LogP contribution in [0.4, 0.5) is 5.69 Å². The molecule has 0 amide bonds. The molecule has 1 aromatic carbocycles. The highest BCUT2D eigenvalue weighted by atomic mass is 15.1. The van der Waals surface area contributed by atoms with Crippen molar-refractivity contribution in [2.75, 3.05) is 18.0 Å². The first-order chi connectivity index (χ1) is 7.19. The lowest BCUT2D eigenvalue weighted by Crippen LogP contribution is -2.28. The Kier molecular flexibility index (Phi) is 4.17. The van der Waals surface area contributed by atoms with Gasteiger partial charge in [-0.25, -0.2) is 0 Å². The summed E-state index contributed by atoms with van der Waals surface area (Å²) < 4.78 is 0. The zero-order valence-electron chi connectivity index (χ0n) is 9.70. The van der Waals surface area contributed by atoms with Crippen LogP contribution in [-0.4, -0.2) is 13.1 Å². The molecular formula is C13H18N2. The van der Waals surface area contributed by atoms with Crippen molar-refractivity contribution in [2.45, 2.75) is 20.8 Å². The van der Waals surface area contributed by atoms with E-state index in [1.54, 1.807) is 0 Å². The van der Waals surface area contributed by atoms with Crippen molar-refractivity contribution in [1.82, 2.24) is 0 Å². The number of benzene rings is 1. The van der Waals surface area contributed by atoms with Crippen LogP contribution in [0, 0.1) is 24.2 Å². The fourth-order valence-corrected chi connectivity index (χ4v) is 1.69. The molecule has 0 heterocycles. The Bertz CT molecular complexity index is 352. The van der Waals surface area contributed by atoms with Crippen molar-refractivity contribution in [3.8, 4) is 6.07 Å². The Hall–Kier alpha value is -1.49. The highest BCUT2D eigenvalue weighted by Gasteiger charge is 2.10. The summed E-state index contributed by atoms with van der Waals surface area (Å²) in [4.78, 5) is 2.25. The number of aryl methyl sites for hydroxylation is 1. The van der Waals surface area contributed by atoms with Crippen LogP contribution in [-0.2, 0) is 0 Å². The average Bonchev–Trinajstić information content (AvgIpc) is 2.26. The van der Waals surface area contributed by atoms with E-state index in [2.05, 4.69) is 36.9 Å². The van der Waals surface area contributed by atoms with Gasteiger partial charge in [-0.05, 0) is 32.4 Å². The Labute approximate surface area is 92.1 Å². The lowest BCUT2D eigenvalue weighted by Gasteiger charge is -2.25. The van der Waals surface area contributed by atoms with Crippen LogP contribution >= 0.6 is 0 Å². The van der Waals surface area contributed by atoms with E-state index in [-0.39, 0.29) is 5.92 Å². The first-order valence-electron chi connectivity index (χ1n) is 5.39. The molecule has 1 aromatic rings. The Morgan fingerprint density at radius 2 is 2.07 bits per heavy atom. The molecule has 2 nitrogen and oxygen atoms in total. The van der Waals surface area contributed by atoms with E-state index in [1.165, 1.54) is 11.3 Å². The topological polar surface area (TPSA) is 27.0 Å². The van der Waals surface area contributed by atoms with Crippen molar-refractivity contribution in [3.63, 3.8) is 0 Å². The molecule has 0 radical (unpaired) electrons. The molecule has 0 aliphatic heterocycles. The molecule has 2 heteroatoms. The second-order valence-corrected chi connectivity index (χ2v) is 3.86. The minimum Gasteiger partial charge on any atom is -0.370 e. The van der Waals surface area contributed by atoms with Gasteiger partial charge in [-0.15, -0.1) is 0 Å². The average molecular weight is 202 g/mol. The molecule has 15 heavy (non-hydrogen) atoms. The van der Waals surface area contributed by atoms with Gasteiger partial charge in [-0.1, -0.05) is 18.2 Å². The molecule has 0 aromatic heterocycles. The minimum atomic E-state index is 0.0737. The molecule has 0 bridgehead atoms. The largest absolute Gasteiger partial charge is 0.370 e. The number of hydrogen-bond acceptors (Lipinski definition) is 2. The number of anilines is 1. The first kappa shape index (κ1) is 11.6. The summed E-state index contributed by atoms with van der Waals surface area (Å²) in [5.74, 6) is 0.0737. The van der Waals surface area contributed by atoms with Crippen molar-refractivity contribution < 1.29 is 0 Å². The monoisotopic (exact) mass is 202 g/mol. The van der Waals surface area contributed by atoms with E-state index in [1.807, 2.05) is 19.1 Å². The van der Waals surface area contributed by atoms with Crippen molar-refractivity contribution >= 4 is 5.69 Å². The van der Waals surface area contributed by atoms with E-state index >= 15 is 0 Å². The van der Waals surface area contributed by atoms with E-state index in [4.69, 9.17) is 5.26 Å². The molecule has 0 aliphatic carbocycles. The summed E-state index contributed by atoms with van der Waals surface area (Å²) >= 11 is 0. The van der Waals surface area contributed by atoms with Gasteiger partial charge in [-0.2, -0.15) is 5.26 Å². The maximum Gasteiger partial charge on any atom is 0.0671 e. The maximum absolute atomic E-state index is 8.82. The quantitative estimate of drug-likeness (QED) is 0.750. The lowest BCUT2D eigenvalue weighted by atomic mass is 10.1. The molecule has 1 rings (SSSR count). The molecule has 80 valence electrons. The van der Waals surface area contributed by atoms with Crippen LogP contribution in [0.3, 0.4) is 0 Å². The van der Waals surface area contributed by atoms with Crippen molar-refractivity contribution in [1.29, 1.82) is 5.26 Å². The Morgan fingerprint density at radius 1 is 1.40 bits per heavy atom. The van der Waals surface area contributed by atoms with Crippen LogP contribution in [0.25, 0.3) is 0 Å². The highest BCUT2D eigenvalue weighted by molar-refractivity contribution is 5.52. The number of hydrogen-bond donors (Lipinski definition) is 0. The number of rotatable bonds is 4. The third-order valence-electron chi connectivity index (χ3n) is 2.55. The van der Waals surface area contributed by atoms with Gasteiger partial charge in [-0.3, -0.25) is 0 Å². The van der Waals surface area contributed by atoms with Crippen LogP contribution in [0.15, 0.2) is 24.3 Å². The van der Waals surface area contributed by atoms with Crippen molar-refractivity contribution in [3.05, 3.63) is 29.8 Å². The third-order valence-corrected chi connectivity index (χ3v) is 2.55. The lowest BCUT2D eigenvalue weighted by molar-refractivity contribution is 0.685. The van der Waals surface area contributed by atoms with Crippen LogP contribution in [0.1, 0.15) is 19.4 Å². The molecule has 0 spiro atoms. The fourth-order valence-electron chi connectivity index (χ4n) is 1.69. The normalized spacial score (nSPS) is 11.9. The van der Waals surface area contributed by atoms with Gasteiger partial charge in [0.1, 0.15) is 0 Å². The zero-order valence-corrected chi connectivity index (χ0v) is 9.70. The molecule has 1 atom stereocenters. The highest BCUT2D eigenvalue weighted by Crippen LogP contribution is 2.19. The first-order valence-corrected chi connectivity index (χ1v) is 5.39. The Morgan fingerprint density at radius 3 is 2.60 bits per heavy atom. The summed E-state index contributed by atoms with van der Waals surface area (Å²) in [6, 6.07) is 10.6. The molecule has 1 unspecified atom stereocenters. The molecule has 0 aliphatic rings. The summed E-state index contributed by atoms with van der Waals surface area (Å²) in [6.07, 6.45) is 0. The van der Waals surface area contributed by atoms with Gasteiger partial charge < -0.3 is 4.90 Å².